The Morgan fingerprint density at radius 1 is 1.59 bits per heavy atom. The number of ether oxygens (including phenoxy) is 2. The van der Waals surface area contributed by atoms with Crippen LogP contribution in [0.5, 0.6) is 0 Å². The summed E-state index contributed by atoms with van der Waals surface area (Å²) in [6, 6.07) is 0. The highest BCUT2D eigenvalue weighted by Crippen LogP contribution is 2.16. The maximum Gasteiger partial charge on any atom is 0.427 e. The fraction of sp³-hybridized carbons (Fsp3) is 0.538. The van der Waals surface area contributed by atoms with Gasteiger partial charge < -0.3 is 19.7 Å². The lowest BCUT2D eigenvalue weighted by Gasteiger charge is -2.20. The van der Waals surface area contributed by atoms with Gasteiger partial charge in [0.15, 0.2) is 17.9 Å². The second-order valence-corrected chi connectivity index (χ2v) is 6.08. The fourth-order valence-corrected chi connectivity index (χ4v) is 1.82. The van der Waals surface area contributed by atoms with Crippen molar-refractivity contribution in [1.29, 1.82) is 0 Å². The topological polar surface area (TPSA) is 106 Å². The van der Waals surface area contributed by atoms with Crippen molar-refractivity contribution in [1.82, 2.24) is 9.66 Å². The zero-order valence-electron chi connectivity index (χ0n) is 12.8. The minimum absolute atomic E-state index is 0.0106. The Balaban J connectivity index is 2.92. The third-order valence-electron chi connectivity index (χ3n) is 2.15. The molecule has 1 amide bonds. The van der Waals surface area contributed by atoms with Crippen molar-refractivity contribution >= 4 is 27.8 Å². The molecule has 0 bridgehead atoms. The molecule has 0 fully saturated rings. The summed E-state index contributed by atoms with van der Waals surface area (Å²) in [4.78, 5) is 15.8. The van der Waals surface area contributed by atoms with Gasteiger partial charge in [0, 0.05) is 12.7 Å². The first-order chi connectivity index (χ1) is 10.1. The van der Waals surface area contributed by atoms with Gasteiger partial charge in [-0.05, 0) is 43.6 Å². The van der Waals surface area contributed by atoms with Crippen LogP contribution in [0.3, 0.4) is 0 Å². The van der Waals surface area contributed by atoms with Gasteiger partial charge in [-0.15, -0.1) is 0 Å². The Morgan fingerprint density at radius 2 is 2.23 bits per heavy atom. The van der Waals surface area contributed by atoms with Crippen LogP contribution in [0.1, 0.15) is 33.5 Å². The van der Waals surface area contributed by atoms with E-state index >= 15 is 0 Å². The minimum Gasteiger partial charge on any atom is -0.504 e. The van der Waals surface area contributed by atoms with E-state index in [0.717, 1.165) is 6.08 Å². The molecule has 0 aliphatic carbocycles. The molecule has 3 N–H and O–H groups in total. The van der Waals surface area contributed by atoms with Gasteiger partial charge in [0.25, 0.3) is 0 Å². The molecule has 124 valence electrons. The van der Waals surface area contributed by atoms with Crippen LogP contribution in [0.25, 0.3) is 5.76 Å². The number of nitrogens with zero attached hydrogens (tertiary/aromatic N) is 2. The highest BCUT2D eigenvalue weighted by molar-refractivity contribution is 9.10. The SMILES string of the molecule is CCOC(O)/C=C(\O)c1nc(Br)cn1NC(=O)OC(C)(C)C. The number of aliphatic hydroxyl groups is 2. The fourth-order valence-electron chi connectivity index (χ4n) is 1.45. The average molecular weight is 378 g/mol. The molecule has 1 unspecified atom stereocenters. The Hall–Kier alpha value is -1.58. The van der Waals surface area contributed by atoms with Gasteiger partial charge in [-0.1, -0.05) is 0 Å². The normalized spacial score (nSPS) is 13.8. The summed E-state index contributed by atoms with van der Waals surface area (Å²) in [5.74, 6) is -0.348. The summed E-state index contributed by atoms with van der Waals surface area (Å²) in [6.45, 7) is 7.17. The van der Waals surface area contributed by atoms with Gasteiger partial charge >= 0.3 is 6.09 Å². The molecule has 9 heteroatoms. The molecule has 1 aromatic heterocycles. The van der Waals surface area contributed by atoms with Crippen LogP contribution < -0.4 is 5.43 Å². The second-order valence-electron chi connectivity index (χ2n) is 5.27. The number of carbonyl (C=O) groups excluding carboxylic acids is 1. The van der Waals surface area contributed by atoms with Crippen LogP contribution in [0.2, 0.25) is 0 Å². The van der Waals surface area contributed by atoms with Gasteiger partial charge in [0.1, 0.15) is 10.2 Å². The third kappa shape index (κ3) is 6.04. The molecule has 0 radical (unpaired) electrons. The van der Waals surface area contributed by atoms with Crippen molar-refractivity contribution in [3.63, 3.8) is 0 Å². The zero-order chi connectivity index (χ0) is 16.9. The number of hydrogen-bond acceptors (Lipinski definition) is 6. The van der Waals surface area contributed by atoms with Crippen molar-refractivity contribution in [2.45, 2.75) is 39.6 Å². The van der Waals surface area contributed by atoms with Gasteiger partial charge in [-0.25, -0.2) is 19.9 Å². The van der Waals surface area contributed by atoms with Crippen LogP contribution in [-0.4, -0.2) is 44.5 Å². The summed E-state index contributed by atoms with van der Waals surface area (Å²) >= 11 is 3.14. The Labute approximate surface area is 136 Å². The lowest BCUT2D eigenvalue weighted by Crippen LogP contribution is -2.32. The molecule has 1 heterocycles. The monoisotopic (exact) mass is 377 g/mol. The highest BCUT2D eigenvalue weighted by atomic mass is 79.9. The largest absolute Gasteiger partial charge is 0.504 e. The average Bonchev–Trinajstić information content (AvgIpc) is 2.67. The third-order valence-corrected chi connectivity index (χ3v) is 2.54. The first-order valence-electron chi connectivity index (χ1n) is 6.58. The second kappa shape index (κ2) is 7.61. The number of imidazole rings is 1. The molecule has 8 nitrogen and oxygen atoms in total. The summed E-state index contributed by atoms with van der Waals surface area (Å²) < 4.78 is 11.6. The molecule has 0 aliphatic rings. The Morgan fingerprint density at radius 3 is 2.77 bits per heavy atom. The number of amides is 1. The summed E-state index contributed by atoms with van der Waals surface area (Å²) in [5.41, 5.74) is 1.75. The van der Waals surface area contributed by atoms with Crippen LogP contribution in [0, 0.1) is 0 Å². The quantitative estimate of drug-likeness (QED) is 0.537. The molecule has 1 aromatic rings. The van der Waals surface area contributed by atoms with E-state index in [2.05, 4.69) is 26.3 Å². The number of nitrogens with one attached hydrogen (secondary N) is 1. The van der Waals surface area contributed by atoms with Crippen LogP contribution in [0.4, 0.5) is 4.79 Å². The van der Waals surface area contributed by atoms with Crippen molar-refractivity contribution < 1.29 is 24.5 Å². The molecule has 0 spiro atoms. The number of halogens is 1. The van der Waals surface area contributed by atoms with E-state index in [1.54, 1.807) is 27.7 Å². The Bertz CT molecular complexity index is 550. The lowest BCUT2D eigenvalue weighted by molar-refractivity contribution is -0.0590. The standard InChI is InChI=1S/C13H20BrN3O5/c1-5-21-10(19)6-8(18)11-15-9(14)7-17(11)16-12(20)22-13(2,3)4/h6-7,10,18-19H,5H2,1-4H3,(H,16,20)/b8-6-. The zero-order valence-corrected chi connectivity index (χ0v) is 14.4. The van der Waals surface area contributed by atoms with Crippen LogP contribution in [0.15, 0.2) is 16.9 Å². The van der Waals surface area contributed by atoms with Crippen molar-refractivity contribution in [3.8, 4) is 0 Å². The van der Waals surface area contributed by atoms with Gasteiger partial charge in [-0.2, -0.15) is 0 Å². The van der Waals surface area contributed by atoms with E-state index in [0.29, 0.717) is 4.60 Å². The molecular formula is C13H20BrN3O5. The van der Waals surface area contributed by atoms with Gasteiger partial charge in [0.2, 0.25) is 0 Å². The molecule has 22 heavy (non-hydrogen) atoms. The predicted molar refractivity (Wildman–Crippen MR) is 83.8 cm³/mol. The molecule has 1 atom stereocenters. The number of aromatic nitrogens is 2. The predicted octanol–water partition coefficient (Wildman–Crippen LogP) is 2.38. The van der Waals surface area contributed by atoms with E-state index in [9.17, 15) is 15.0 Å². The van der Waals surface area contributed by atoms with E-state index in [1.165, 1.54) is 10.9 Å². The number of carbonyl (C=O) groups is 1. The Kier molecular flexibility index (Phi) is 6.39. The van der Waals surface area contributed by atoms with Crippen LogP contribution >= 0.6 is 15.9 Å². The lowest BCUT2D eigenvalue weighted by atomic mass is 10.2. The maximum atomic E-state index is 11.8. The first-order valence-corrected chi connectivity index (χ1v) is 7.37. The van der Waals surface area contributed by atoms with Crippen molar-refractivity contribution in [3.05, 3.63) is 22.7 Å². The van der Waals surface area contributed by atoms with E-state index in [1.807, 2.05) is 0 Å². The number of hydrogen-bond donors (Lipinski definition) is 3. The highest BCUT2D eigenvalue weighted by Gasteiger charge is 2.19. The summed E-state index contributed by atoms with van der Waals surface area (Å²) in [6.07, 6.45) is 0.495. The molecule has 0 saturated heterocycles. The van der Waals surface area contributed by atoms with Gasteiger partial charge in [-0.3, -0.25) is 0 Å². The van der Waals surface area contributed by atoms with Crippen LogP contribution in [-0.2, 0) is 9.47 Å². The van der Waals surface area contributed by atoms with E-state index in [-0.39, 0.29) is 18.2 Å². The van der Waals surface area contributed by atoms with Crippen molar-refractivity contribution in [2.75, 3.05) is 12.0 Å². The first kappa shape index (κ1) is 18.5. The van der Waals surface area contributed by atoms with Gasteiger partial charge in [0.05, 0.1) is 6.20 Å². The number of aliphatic hydroxyl groups excluding tert-OH is 2. The molecular weight excluding hydrogens is 358 g/mol. The van der Waals surface area contributed by atoms with E-state index < -0.39 is 18.0 Å². The molecule has 1 rings (SSSR count). The molecule has 0 saturated carbocycles. The smallest absolute Gasteiger partial charge is 0.427 e. The van der Waals surface area contributed by atoms with E-state index in [4.69, 9.17) is 9.47 Å². The minimum atomic E-state index is -1.28. The molecule has 0 aliphatic heterocycles. The number of rotatable bonds is 5. The summed E-state index contributed by atoms with van der Waals surface area (Å²) in [5, 5.41) is 19.5. The molecule has 0 aromatic carbocycles. The maximum absolute atomic E-state index is 11.8. The summed E-state index contributed by atoms with van der Waals surface area (Å²) in [7, 11) is 0. The van der Waals surface area contributed by atoms with Crippen molar-refractivity contribution in [2.24, 2.45) is 0 Å².